The number of Topliss-reactive ketones (excluding diaryl/α,β-unsaturated/α-hetero) is 1. The minimum absolute atomic E-state index is 0.0829. The first kappa shape index (κ1) is 18.8. The number of rotatable bonds is 5. The number of benzene rings is 2. The van der Waals surface area contributed by atoms with Gasteiger partial charge in [-0.3, -0.25) is 14.5 Å². The Morgan fingerprint density at radius 3 is 2.61 bits per heavy atom. The van der Waals surface area contributed by atoms with Crippen LogP contribution in [-0.4, -0.2) is 35.8 Å². The first-order valence-corrected chi connectivity index (χ1v) is 9.70. The number of carbonyl (C=O) groups is 2. The van der Waals surface area contributed by atoms with Crippen molar-refractivity contribution in [1.29, 1.82) is 0 Å². The van der Waals surface area contributed by atoms with E-state index in [2.05, 4.69) is 17.0 Å². The molecule has 0 radical (unpaired) electrons. The first-order chi connectivity index (χ1) is 13.5. The van der Waals surface area contributed by atoms with Crippen LogP contribution in [0.3, 0.4) is 0 Å². The summed E-state index contributed by atoms with van der Waals surface area (Å²) in [6.45, 7) is 0.686. The van der Waals surface area contributed by atoms with Gasteiger partial charge in [-0.2, -0.15) is 0 Å². The summed E-state index contributed by atoms with van der Waals surface area (Å²) in [6, 6.07) is 16.1. The molecule has 0 spiro atoms. The molecule has 28 heavy (non-hydrogen) atoms. The van der Waals surface area contributed by atoms with Crippen LogP contribution >= 0.6 is 0 Å². The number of hydrogen-bond acceptors (Lipinski definition) is 4. The Balaban J connectivity index is 1.73. The molecule has 146 valence electrons. The van der Waals surface area contributed by atoms with E-state index >= 15 is 0 Å². The lowest BCUT2D eigenvalue weighted by molar-refractivity contribution is -0.167. The third kappa shape index (κ3) is 3.14. The zero-order chi connectivity index (χ0) is 19.7. The summed E-state index contributed by atoms with van der Waals surface area (Å²) in [4.78, 5) is 28.5. The highest BCUT2D eigenvalue weighted by Crippen LogP contribution is 2.48. The zero-order valence-corrected chi connectivity index (χ0v) is 15.9. The summed E-state index contributed by atoms with van der Waals surface area (Å²) >= 11 is 0. The number of hydrogen-bond donors (Lipinski definition) is 0. The number of ether oxygens (including phenoxy) is 1. The molecule has 3 atom stereocenters. The monoisotopic (exact) mass is 381 g/mol. The molecule has 2 fully saturated rings. The predicted molar refractivity (Wildman–Crippen MR) is 103 cm³/mol. The van der Waals surface area contributed by atoms with Crippen molar-refractivity contribution in [2.24, 2.45) is 5.41 Å². The van der Waals surface area contributed by atoms with Gasteiger partial charge in [-0.15, -0.1) is 0 Å². The maximum Gasteiger partial charge on any atom is 0.321 e. The van der Waals surface area contributed by atoms with E-state index < -0.39 is 11.4 Å². The van der Waals surface area contributed by atoms with E-state index in [-0.39, 0.29) is 30.1 Å². The molecule has 2 saturated heterocycles. The van der Waals surface area contributed by atoms with Crippen molar-refractivity contribution < 1.29 is 18.7 Å². The quantitative estimate of drug-likeness (QED) is 0.587. The van der Waals surface area contributed by atoms with Crippen molar-refractivity contribution in [3.8, 4) is 0 Å². The number of halogens is 1. The van der Waals surface area contributed by atoms with Gasteiger partial charge < -0.3 is 4.74 Å². The second kappa shape index (κ2) is 7.47. The van der Waals surface area contributed by atoms with Gasteiger partial charge in [0.25, 0.3) is 0 Å². The van der Waals surface area contributed by atoms with Crippen molar-refractivity contribution in [2.75, 3.05) is 7.11 Å². The van der Waals surface area contributed by atoms with Crippen LogP contribution in [0.15, 0.2) is 54.6 Å². The van der Waals surface area contributed by atoms with Crippen molar-refractivity contribution in [3.05, 3.63) is 71.5 Å². The third-order valence-corrected chi connectivity index (χ3v) is 6.26. The molecule has 0 aliphatic carbocycles. The fourth-order valence-electron chi connectivity index (χ4n) is 4.99. The molecule has 2 aliphatic rings. The highest BCUT2D eigenvalue weighted by Gasteiger charge is 2.61. The SMILES string of the molecule is COC(=O)[C@@]1(Cc2cccc(F)c2)C(=O)C[C@H]2CC[C@@H]1N2Cc1ccccc1. The van der Waals surface area contributed by atoms with E-state index in [1.54, 1.807) is 12.1 Å². The predicted octanol–water partition coefficient (Wildman–Crippen LogP) is 3.53. The Bertz CT molecular complexity index is 884. The lowest BCUT2D eigenvalue weighted by atomic mass is 9.68. The second-order valence-electron chi connectivity index (χ2n) is 7.80. The number of ketones is 1. The molecule has 0 unspecified atom stereocenters. The van der Waals surface area contributed by atoms with Crippen LogP contribution in [0.25, 0.3) is 0 Å². The minimum Gasteiger partial charge on any atom is -0.468 e. The van der Waals surface area contributed by atoms with Crippen molar-refractivity contribution >= 4 is 11.8 Å². The van der Waals surface area contributed by atoms with Crippen molar-refractivity contribution in [3.63, 3.8) is 0 Å². The lowest BCUT2D eigenvalue weighted by Crippen LogP contribution is -2.61. The van der Waals surface area contributed by atoms with Gasteiger partial charge in [0.2, 0.25) is 0 Å². The molecule has 2 aliphatic heterocycles. The van der Waals surface area contributed by atoms with Gasteiger partial charge in [0.1, 0.15) is 11.2 Å². The van der Waals surface area contributed by atoms with Crippen LogP contribution in [0.5, 0.6) is 0 Å². The van der Waals surface area contributed by atoms with Crippen LogP contribution in [0, 0.1) is 11.2 Å². The fourth-order valence-corrected chi connectivity index (χ4v) is 4.99. The van der Waals surface area contributed by atoms with Crippen molar-refractivity contribution in [2.45, 2.75) is 44.3 Å². The normalized spacial score (nSPS) is 27.0. The molecule has 2 heterocycles. The largest absolute Gasteiger partial charge is 0.468 e. The van der Waals surface area contributed by atoms with Gasteiger partial charge in [0.15, 0.2) is 5.78 Å². The summed E-state index contributed by atoms with van der Waals surface area (Å²) < 4.78 is 18.9. The Labute approximate surface area is 164 Å². The van der Waals surface area contributed by atoms with Crippen LogP contribution in [0.1, 0.15) is 30.4 Å². The lowest BCUT2D eigenvalue weighted by Gasteiger charge is -2.45. The van der Waals surface area contributed by atoms with Gasteiger partial charge in [-0.25, -0.2) is 4.39 Å². The van der Waals surface area contributed by atoms with Gasteiger partial charge in [-0.1, -0.05) is 42.5 Å². The first-order valence-electron chi connectivity index (χ1n) is 9.70. The van der Waals surface area contributed by atoms with Gasteiger partial charge in [0.05, 0.1) is 7.11 Å². The van der Waals surface area contributed by atoms with Crippen LogP contribution in [0.4, 0.5) is 4.39 Å². The topological polar surface area (TPSA) is 46.6 Å². The molecule has 0 N–H and O–H groups in total. The van der Waals surface area contributed by atoms with E-state index in [4.69, 9.17) is 4.74 Å². The summed E-state index contributed by atoms with van der Waals surface area (Å²) in [6.07, 6.45) is 2.13. The smallest absolute Gasteiger partial charge is 0.321 e. The van der Waals surface area contributed by atoms with Crippen LogP contribution in [-0.2, 0) is 27.3 Å². The maximum atomic E-state index is 13.8. The minimum atomic E-state index is -1.29. The number of methoxy groups -OCH3 is 1. The molecule has 0 aromatic heterocycles. The van der Waals surface area contributed by atoms with Gasteiger partial charge in [0, 0.05) is 25.0 Å². The van der Waals surface area contributed by atoms with Crippen LogP contribution in [0.2, 0.25) is 0 Å². The Morgan fingerprint density at radius 1 is 1.14 bits per heavy atom. The summed E-state index contributed by atoms with van der Waals surface area (Å²) in [7, 11) is 1.32. The summed E-state index contributed by atoms with van der Waals surface area (Å²) in [5.41, 5.74) is 0.506. The second-order valence-corrected chi connectivity index (χ2v) is 7.80. The summed E-state index contributed by atoms with van der Waals surface area (Å²) in [5, 5.41) is 0. The molecule has 2 aromatic carbocycles. The molecule has 2 bridgehead atoms. The maximum absolute atomic E-state index is 13.8. The number of nitrogens with zero attached hydrogens (tertiary/aromatic N) is 1. The highest BCUT2D eigenvalue weighted by molar-refractivity contribution is 6.06. The van der Waals surface area contributed by atoms with E-state index in [9.17, 15) is 14.0 Å². The molecule has 2 aromatic rings. The van der Waals surface area contributed by atoms with Gasteiger partial charge in [-0.05, 0) is 42.5 Å². The van der Waals surface area contributed by atoms with Gasteiger partial charge >= 0.3 is 5.97 Å². The third-order valence-electron chi connectivity index (χ3n) is 6.26. The van der Waals surface area contributed by atoms with E-state index in [0.29, 0.717) is 18.5 Å². The van der Waals surface area contributed by atoms with E-state index in [1.807, 2.05) is 18.2 Å². The molecule has 0 saturated carbocycles. The Morgan fingerprint density at radius 2 is 1.89 bits per heavy atom. The molecule has 0 amide bonds. The molecular formula is C23H24FNO3. The van der Waals surface area contributed by atoms with E-state index in [1.165, 1.54) is 19.2 Å². The standard InChI is InChI=1S/C23H24FNO3/c1-28-22(27)23(14-17-8-5-9-18(24)12-17)20-11-10-19(13-21(23)26)25(20)15-16-6-3-2-4-7-16/h2-9,12,19-20H,10-11,13-15H2,1H3/t19-,20+,23-/m1/s1. The zero-order valence-electron chi connectivity index (χ0n) is 15.9. The molecule has 4 nitrogen and oxygen atoms in total. The van der Waals surface area contributed by atoms with Crippen molar-refractivity contribution in [1.82, 2.24) is 4.90 Å². The average Bonchev–Trinajstić information content (AvgIpc) is 3.01. The molecular weight excluding hydrogens is 357 g/mol. The number of esters is 1. The van der Waals surface area contributed by atoms with Crippen LogP contribution < -0.4 is 0 Å². The fraction of sp³-hybridized carbons (Fsp3) is 0.391. The molecule has 5 heteroatoms. The average molecular weight is 381 g/mol. The molecule has 4 rings (SSSR count). The Kier molecular flexibility index (Phi) is 5.02. The highest BCUT2D eigenvalue weighted by atomic mass is 19.1. The number of fused-ring (bicyclic) bond motifs is 2. The number of piperidine rings is 1. The number of carbonyl (C=O) groups excluding carboxylic acids is 2. The van der Waals surface area contributed by atoms with E-state index in [0.717, 1.165) is 18.4 Å². The summed E-state index contributed by atoms with van der Waals surface area (Å²) in [5.74, 6) is -0.961. The Hall–Kier alpha value is -2.53.